The van der Waals surface area contributed by atoms with Crippen LogP contribution in [0.2, 0.25) is 0 Å². The second kappa shape index (κ2) is 8.37. The fraction of sp³-hybridized carbons (Fsp3) is 0.286. The molecule has 0 saturated heterocycles. The maximum atomic E-state index is 11.8. The molecular formula is C14H16BrNO4. The highest BCUT2D eigenvalue weighted by Gasteiger charge is 2.14. The minimum Gasteiger partial charge on any atom is -0.463 e. The number of carbonyl (C=O) groups excluding carboxylic acids is 2. The molecule has 20 heavy (non-hydrogen) atoms. The summed E-state index contributed by atoms with van der Waals surface area (Å²) in [5.41, 5.74) is 0.674. The Morgan fingerprint density at radius 3 is 2.45 bits per heavy atom. The van der Waals surface area contributed by atoms with Gasteiger partial charge in [0.25, 0.3) is 0 Å². The van der Waals surface area contributed by atoms with Gasteiger partial charge in [-0.25, -0.2) is 9.59 Å². The molecule has 0 amide bonds. The van der Waals surface area contributed by atoms with Gasteiger partial charge in [0.1, 0.15) is 5.70 Å². The average Bonchev–Trinajstić information content (AvgIpc) is 2.41. The highest BCUT2D eigenvalue weighted by atomic mass is 79.9. The van der Waals surface area contributed by atoms with Crippen molar-refractivity contribution in [1.29, 1.82) is 0 Å². The molecular weight excluding hydrogens is 326 g/mol. The van der Waals surface area contributed by atoms with Gasteiger partial charge in [-0.3, -0.25) is 0 Å². The van der Waals surface area contributed by atoms with Crippen molar-refractivity contribution < 1.29 is 19.1 Å². The molecule has 0 fully saturated rings. The molecule has 0 spiro atoms. The second-order valence-corrected chi connectivity index (χ2v) is 4.49. The number of nitrogens with one attached hydrogen (secondary N) is 1. The lowest BCUT2D eigenvalue weighted by Crippen LogP contribution is -2.17. The van der Waals surface area contributed by atoms with Gasteiger partial charge in [-0.05, 0) is 41.9 Å². The Bertz CT molecular complexity index is 514. The molecule has 0 aliphatic carbocycles. The van der Waals surface area contributed by atoms with E-state index in [0.29, 0.717) is 5.69 Å². The summed E-state index contributed by atoms with van der Waals surface area (Å²) in [7, 11) is 0. The van der Waals surface area contributed by atoms with E-state index >= 15 is 0 Å². The normalized spacial score (nSPS) is 10.8. The van der Waals surface area contributed by atoms with E-state index in [1.54, 1.807) is 26.0 Å². The van der Waals surface area contributed by atoms with E-state index < -0.39 is 11.9 Å². The lowest BCUT2D eigenvalue weighted by Gasteiger charge is -2.11. The highest BCUT2D eigenvalue weighted by Crippen LogP contribution is 2.23. The summed E-state index contributed by atoms with van der Waals surface area (Å²) in [6, 6.07) is 7.23. The molecule has 6 heteroatoms. The molecule has 0 bridgehead atoms. The van der Waals surface area contributed by atoms with Gasteiger partial charge in [0.2, 0.25) is 0 Å². The minimum absolute atomic E-state index is 0.0252. The zero-order chi connectivity index (χ0) is 15.0. The van der Waals surface area contributed by atoms with Gasteiger partial charge < -0.3 is 14.8 Å². The summed E-state index contributed by atoms with van der Waals surface area (Å²) in [6.45, 7) is 3.84. The van der Waals surface area contributed by atoms with Crippen LogP contribution in [0.3, 0.4) is 0 Å². The molecule has 1 rings (SSSR count). The first kappa shape index (κ1) is 16.2. The van der Waals surface area contributed by atoms with Gasteiger partial charge in [-0.1, -0.05) is 12.1 Å². The molecule has 0 aromatic heterocycles. The predicted molar refractivity (Wildman–Crippen MR) is 79.1 cm³/mol. The van der Waals surface area contributed by atoms with E-state index in [9.17, 15) is 9.59 Å². The van der Waals surface area contributed by atoms with Gasteiger partial charge in [0.05, 0.1) is 25.0 Å². The Kier molecular flexibility index (Phi) is 6.79. The van der Waals surface area contributed by atoms with Crippen molar-refractivity contribution in [3.05, 3.63) is 40.5 Å². The number of benzene rings is 1. The SMILES string of the molecule is CCOC(=O)/C=C(/Nc1ccccc1Br)C(=O)OCC. The van der Waals surface area contributed by atoms with Gasteiger partial charge in [-0.2, -0.15) is 0 Å². The van der Waals surface area contributed by atoms with Crippen molar-refractivity contribution in [2.24, 2.45) is 0 Å². The number of rotatable bonds is 6. The van der Waals surface area contributed by atoms with Crippen LogP contribution >= 0.6 is 15.9 Å². The Morgan fingerprint density at radius 2 is 1.85 bits per heavy atom. The van der Waals surface area contributed by atoms with Gasteiger partial charge in [-0.15, -0.1) is 0 Å². The summed E-state index contributed by atoms with van der Waals surface area (Å²) in [5, 5.41) is 2.86. The van der Waals surface area contributed by atoms with Crippen LogP contribution < -0.4 is 5.32 Å². The number of esters is 2. The Morgan fingerprint density at radius 1 is 1.20 bits per heavy atom. The summed E-state index contributed by atoms with van der Waals surface area (Å²) in [5.74, 6) is -1.22. The lowest BCUT2D eigenvalue weighted by atomic mass is 10.3. The van der Waals surface area contributed by atoms with E-state index in [-0.39, 0.29) is 18.9 Å². The average molecular weight is 342 g/mol. The number of halogens is 1. The smallest absolute Gasteiger partial charge is 0.355 e. The molecule has 0 unspecified atom stereocenters. The van der Waals surface area contributed by atoms with Crippen LogP contribution in [0.25, 0.3) is 0 Å². The standard InChI is InChI=1S/C14H16BrNO4/c1-3-19-13(17)9-12(14(18)20-4-2)16-11-8-6-5-7-10(11)15/h5-9,16H,3-4H2,1-2H3/b12-9+. The van der Waals surface area contributed by atoms with E-state index in [0.717, 1.165) is 10.5 Å². The number of hydrogen-bond acceptors (Lipinski definition) is 5. The molecule has 0 aliphatic rings. The zero-order valence-corrected chi connectivity index (χ0v) is 12.9. The number of para-hydroxylation sites is 1. The minimum atomic E-state index is -0.615. The summed E-state index contributed by atoms with van der Waals surface area (Å²) >= 11 is 3.35. The van der Waals surface area contributed by atoms with E-state index in [4.69, 9.17) is 9.47 Å². The van der Waals surface area contributed by atoms with Crippen LogP contribution in [0.4, 0.5) is 5.69 Å². The molecule has 108 valence electrons. The molecule has 1 N–H and O–H groups in total. The summed E-state index contributed by atoms with van der Waals surface area (Å²) in [4.78, 5) is 23.3. The van der Waals surface area contributed by atoms with Crippen molar-refractivity contribution >= 4 is 33.6 Å². The van der Waals surface area contributed by atoms with Crippen LogP contribution in [0.1, 0.15) is 13.8 Å². The number of hydrogen-bond donors (Lipinski definition) is 1. The van der Waals surface area contributed by atoms with Crippen LogP contribution in [0.15, 0.2) is 40.5 Å². The molecule has 0 aliphatic heterocycles. The fourth-order valence-electron chi connectivity index (χ4n) is 1.36. The molecule has 0 atom stereocenters. The second-order valence-electron chi connectivity index (χ2n) is 3.64. The van der Waals surface area contributed by atoms with Crippen molar-refractivity contribution in [3.8, 4) is 0 Å². The summed E-state index contributed by atoms with van der Waals surface area (Å²) < 4.78 is 10.5. The third kappa shape index (κ3) is 5.05. The first-order valence-electron chi connectivity index (χ1n) is 6.15. The zero-order valence-electron chi connectivity index (χ0n) is 11.3. The molecule has 0 saturated carbocycles. The quantitative estimate of drug-likeness (QED) is 0.636. The maximum absolute atomic E-state index is 11.8. The molecule has 1 aromatic carbocycles. The number of carbonyl (C=O) groups is 2. The number of ether oxygens (including phenoxy) is 2. The largest absolute Gasteiger partial charge is 0.463 e. The lowest BCUT2D eigenvalue weighted by molar-refractivity contribution is -0.140. The van der Waals surface area contributed by atoms with E-state index in [2.05, 4.69) is 21.2 Å². The van der Waals surface area contributed by atoms with E-state index in [1.165, 1.54) is 0 Å². The summed E-state index contributed by atoms with van der Waals surface area (Å²) in [6.07, 6.45) is 1.08. The Balaban J connectivity index is 2.96. The third-order valence-corrected chi connectivity index (χ3v) is 2.88. The van der Waals surface area contributed by atoms with Crippen molar-refractivity contribution in [2.75, 3.05) is 18.5 Å². The molecule has 0 heterocycles. The Hall–Kier alpha value is -1.82. The van der Waals surface area contributed by atoms with Crippen LogP contribution in [-0.4, -0.2) is 25.2 Å². The van der Waals surface area contributed by atoms with Crippen molar-refractivity contribution in [1.82, 2.24) is 0 Å². The topological polar surface area (TPSA) is 64.6 Å². The molecule has 5 nitrogen and oxygen atoms in total. The van der Waals surface area contributed by atoms with Crippen LogP contribution in [0.5, 0.6) is 0 Å². The van der Waals surface area contributed by atoms with E-state index in [1.807, 2.05) is 12.1 Å². The fourth-order valence-corrected chi connectivity index (χ4v) is 1.75. The Labute approximate surface area is 126 Å². The first-order valence-corrected chi connectivity index (χ1v) is 6.94. The highest BCUT2D eigenvalue weighted by molar-refractivity contribution is 9.10. The van der Waals surface area contributed by atoms with Crippen LogP contribution in [0, 0.1) is 0 Å². The van der Waals surface area contributed by atoms with Gasteiger partial charge in [0, 0.05) is 4.47 Å². The number of anilines is 1. The monoisotopic (exact) mass is 341 g/mol. The molecule has 1 aromatic rings. The third-order valence-electron chi connectivity index (χ3n) is 2.19. The van der Waals surface area contributed by atoms with Crippen molar-refractivity contribution in [2.45, 2.75) is 13.8 Å². The first-order chi connectivity index (χ1) is 9.58. The van der Waals surface area contributed by atoms with Crippen LogP contribution in [-0.2, 0) is 19.1 Å². The van der Waals surface area contributed by atoms with Gasteiger partial charge in [0.15, 0.2) is 0 Å². The maximum Gasteiger partial charge on any atom is 0.355 e. The van der Waals surface area contributed by atoms with Gasteiger partial charge >= 0.3 is 11.9 Å². The van der Waals surface area contributed by atoms with Crippen molar-refractivity contribution in [3.63, 3.8) is 0 Å². The predicted octanol–water partition coefficient (Wildman–Crippen LogP) is 2.87. The molecule has 0 radical (unpaired) electrons.